The summed E-state index contributed by atoms with van der Waals surface area (Å²) in [4.78, 5) is 0. The van der Waals surface area contributed by atoms with Gasteiger partial charge in [-0.3, -0.25) is 0 Å². The van der Waals surface area contributed by atoms with Gasteiger partial charge in [0, 0.05) is 0 Å². The van der Waals surface area contributed by atoms with Crippen molar-refractivity contribution in [3.05, 3.63) is 143 Å². The zero-order chi connectivity index (χ0) is 24.1. The maximum absolute atomic E-state index is 4.18. The van der Waals surface area contributed by atoms with Crippen molar-refractivity contribution in [3.8, 4) is 0 Å². The van der Waals surface area contributed by atoms with Crippen molar-refractivity contribution in [1.29, 1.82) is 0 Å². The van der Waals surface area contributed by atoms with Crippen LogP contribution >= 0.6 is 0 Å². The molecule has 0 radical (unpaired) electrons. The molecular weight excluding hydrogens is 456 g/mol. The Labute approximate surface area is 210 Å². The molecule has 2 aliphatic carbocycles. The monoisotopic (exact) mass is 488 g/mol. The molecule has 6 rings (SSSR count). The van der Waals surface area contributed by atoms with Gasteiger partial charge >= 0.3 is 211 Å². The fourth-order valence-corrected chi connectivity index (χ4v) is 22.3. The zero-order valence-electron chi connectivity index (χ0n) is 20.8. The molecule has 35 heavy (non-hydrogen) atoms. The van der Waals surface area contributed by atoms with Crippen molar-refractivity contribution < 1.29 is 14.8 Å². The molecule has 0 fully saturated rings. The summed E-state index contributed by atoms with van der Waals surface area (Å²) < 4.78 is 6.48. The molecule has 2 atom stereocenters. The van der Waals surface area contributed by atoms with Crippen LogP contribution in [0.3, 0.4) is 0 Å². The molecule has 0 amide bonds. The van der Waals surface area contributed by atoms with E-state index >= 15 is 0 Å². The first-order valence-electron chi connectivity index (χ1n) is 12.7. The van der Waals surface area contributed by atoms with E-state index in [1.165, 1.54) is 41.1 Å². The van der Waals surface area contributed by atoms with Crippen LogP contribution < -0.4 is 7.74 Å². The summed E-state index contributed by atoms with van der Waals surface area (Å²) >= 11 is -4.18. The van der Waals surface area contributed by atoms with Crippen molar-refractivity contribution in [2.75, 3.05) is 0 Å². The third kappa shape index (κ3) is 2.88. The number of allylic oxidation sites excluding steroid dienone is 2. The van der Waals surface area contributed by atoms with Crippen LogP contribution in [0, 0.1) is 0 Å². The molecule has 0 nitrogen and oxygen atoms in total. The summed E-state index contributed by atoms with van der Waals surface area (Å²) in [7, 11) is 0. The Morgan fingerprint density at radius 2 is 0.886 bits per heavy atom. The fraction of sp³-hybridized carbons (Fsp3) is 0.147. The van der Waals surface area contributed by atoms with Gasteiger partial charge in [0.2, 0.25) is 0 Å². The number of hydrogen-bond donors (Lipinski definition) is 0. The molecule has 0 saturated carbocycles. The second-order valence-electron chi connectivity index (χ2n) is 10.4. The minimum atomic E-state index is -4.18. The first-order valence-corrected chi connectivity index (χ1v) is 17.0. The molecule has 4 aromatic carbocycles. The molecule has 4 aromatic rings. The maximum atomic E-state index is 2.73. The number of rotatable bonds is 4. The van der Waals surface area contributed by atoms with E-state index in [2.05, 4.69) is 146 Å². The van der Waals surface area contributed by atoms with Crippen LogP contribution in [0.4, 0.5) is 0 Å². The van der Waals surface area contributed by atoms with Gasteiger partial charge in [0.25, 0.3) is 0 Å². The Kier molecular flexibility index (Phi) is 5.29. The Hall–Kier alpha value is -3.06. The molecule has 0 N–H and O–H groups in total. The summed E-state index contributed by atoms with van der Waals surface area (Å²) in [6, 6.07) is 41.3. The van der Waals surface area contributed by atoms with Crippen LogP contribution in [0.15, 0.2) is 120 Å². The van der Waals surface area contributed by atoms with Crippen LogP contribution in [0.1, 0.15) is 51.5 Å². The Bertz CT molecular complexity index is 1430. The minimum absolute atomic E-state index is 0.345. The topological polar surface area (TPSA) is 0 Å². The molecule has 172 valence electrons. The number of fused-ring (bicyclic) bond motifs is 2. The van der Waals surface area contributed by atoms with Gasteiger partial charge in [-0.25, -0.2) is 0 Å². The predicted molar refractivity (Wildman–Crippen MR) is 150 cm³/mol. The van der Waals surface area contributed by atoms with Crippen molar-refractivity contribution in [2.24, 2.45) is 0 Å². The second-order valence-corrected chi connectivity index (χ2v) is 19.6. The van der Waals surface area contributed by atoms with Crippen molar-refractivity contribution >= 4 is 24.2 Å². The van der Waals surface area contributed by atoms with Gasteiger partial charge in [0.05, 0.1) is 0 Å². The van der Waals surface area contributed by atoms with Gasteiger partial charge in [0.1, 0.15) is 0 Å². The Balaban J connectivity index is 1.88. The summed E-state index contributed by atoms with van der Waals surface area (Å²) in [5.74, 6) is 0. The quantitative estimate of drug-likeness (QED) is 0.262. The van der Waals surface area contributed by atoms with Gasteiger partial charge < -0.3 is 0 Å². The third-order valence-electron chi connectivity index (χ3n) is 8.99. The van der Waals surface area contributed by atoms with E-state index in [1.807, 2.05) is 0 Å². The van der Waals surface area contributed by atoms with Crippen molar-refractivity contribution in [3.63, 3.8) is 0 Å². The molecule has 0 spiro atoms. The first-order chi connectivity index (χ1) is 17.1. The zero-order valence-corrected chi connectivity index (χ0v) is 22.3. The number of hydrogen-bond acceptors (Lipinski definition) is 0. The molecule has 0 aromatic heterocycles. The van der Waals surface area contributed by atoms with E-state index in [-0.39, 0.29) is 0 Å². The van der Waals surface area contributed by atoms with Crippen LogP contribution in [0.2, 0.25) is 0 Å². The van der Waals surface area contributed by atoms with E-state index in [0.717, 1.165) is 0 Å². The molecule has 1 heteroatoms. The SMILES string of the molecule is C[CH]=[Ti]([c]1ccccc1)([c]1ccccc1)([CH]1C(C)=Cc2ccccc21)[CH]1C(C)=Cc2ccccc21. The normalized spacial score (nSPS) is 19.0. The average molecular weight is 488 g/mol. The molecule has 0 bridgehead atoms. The molecule has 0 aliphatic heterocycles. The summed E-state index contributed by atoms with van der Waals surface area (Å²) in [5.41, 5.74) is 8.73. The summed E-state index contributed by atoms with van der Waals surface area (Å²) in [6.07, 6.45) is 4.91. The Morgan fingerprint density at radius 3 is 1.29 bits per heavy atom. The predicted octanol–water partition coefficient (Wildman–Crippen LogP) is 7.47. The number of benzene rings is 4. The molecule has 0 heterocycles. The van der Waals surface area contributed by atoms with Gasteiger partial charge in [-0.05, 0) is 0 Å². The Morgan fingerprint density at radius 1 is 0.514 bits per heavy atom. The van der Waals surface area contributed by atoms with Crippen molar-refractivity contribution in [2.45, 2.75) is 29.2 Å². The molecule has 0 saturated heterocycles. The fourth-order valence-electron chi connectivity index (χ4n) is 7.90. The standard InChI is InChI=1S/2C10H9.2C6H5.C2H4.Ti/c2*1-8-6-9-4-2-3-5-10(9)7-8;2*1-2-4-6-5-3-1;1-2;/h2*2-7H,1H3;2*1-5H;1H,2H3;. The summed E-state index contributed by atoms with van der Waals surface area (Å²) in [6.45, 7) is 7.13. The summed E-state index contributed by atoms with van der Waals surface area (Å²) in [5, 5.41) is 0. The molecule has 2 aliphatic rings. The van der Waals surface area contributed by atoms with Crippen LogP contribution in [0.25, 0.3) is 12.2 Å². The van der Waals surface area contributed by atoms with E-state index < -0.39 is 14.8 Å². The van der Waals surface area contributed by atoms with Crippen LogP contribution in [0.5, 0.6) is 0 Å². The van der Waals surface area contributed by atoms with E-state index in [4.69, 9.17) is 0 Å². The van der Waals surface area contributed by atoms with E-state index in [1.54, 1.807) is 0 Å². The van der Waals surface area contributed by atoms with E-state index in [9.17, 15) is 0 Å². The first kappa shape index (κ1) is 22.4. The van der Waals surface area contributed by atoms with E-state index in [0.29, 0.717) is 8.45 Å². The molecule has 2 unspecified atom stereocenters. The average Bonchev–Trinajstić information content (AvgIpc) is 3.44. The van der Waals surface area contributed by atoms with Gasteiger partial charge in [-0.1, -0.05) is 0 Å². The van der Waals surface area contributed by atoms with Gasteiger partial charge in [0.15, 0.2) is 0 Å². The van der Waals surface area contributed by atoms with Crippen molar-refractivity contribution in [1.82, 2.24) is 0 Å². The third-order valence-corrected chi connectivity index (χ3v) is 22.3. The second kappa shape index (κ2) is 8.26. The van der Waals surface area contributed by atoms with Crippen LogP contribution in [-0.2, 0) is 14.8 Å². The van der Waals surface area contributed by atoms with Gasteiger partial charge in [-0.15, -0.1) is 0 Å². The van der Waals surface area contributed by atoms with Gasteiger partial charge in [-0.2, -0.15) is 0 Å². The van der Waals surface area contributed by atoms with Crippen LogP contribution in [-0.4, -0.2) is 4.31 Å². The molecular formula is C34H32Ti.